The number of anilines is 1. The third kappa shape index (κ3) is 4.39. The zero-order valence-electron chi connectivity index (χ0n) is 17.7. The van der Waals surface area contributed by atoms with Crippen LogP contribution in [0.1, 0.15) is 28.1 Å². The molecule has 0 radical (unpaired) electrons. The number of nitriles is 1. The SMILES string of the molecule is N#Cc1nc(Cc2cccc3ccccc23)oc1NCC(c1cccs1)N1CCOCC1. The molecule has 1 N–H and O–H groups in total. The zero-order valence-corrected chi connectivity index (χ0v) is 18.5. The molecule has 0 spiro atoms. The molecule has 1 aliphatic heterocycles. The van der Waals surface area contributed by atoms with Crippen LogP contribution in [0.3, 0.4) is 0 Å². The molecule has 2 aromatic carbocycles. The van der Waals surface area contributed by atoms with Crippen molar-refractivity contribution >= 4 is 28.0 Å². The summed E-state index contributed by atoms with van der Waals surface area (Å²) in [5, 5.41) is 17.4. The maximum Gasteiger partial charge on any atom is 0.232 e. The number of nitrogens with zero attached hydrogens (tertiary/aromatic N) is 3. The molecule has 3 heterocycles. The quantitative estimate of drug-likeness (QED) is 0.440. The Hall–Kier alpha value is -3.18. The Morgan fingerprint density at radius 1 is 1.09 bits per heavy atom. The summed E-state index contributed by atoms with van der Waals surface area (Å²) in [6.45, 7) is 3.89. The number of oxazole rings is 1. The number of hydrogen-bond donors (Lipinski definition) is 1. The van der Waals surface area contributed by atoms with E-state index in [1.165, 1.54) is 15.6 Å². The van der Waals surface area contributed by atoms with E-state index >= 15 is 0 Å². The fraction of sp³-hybridized carbons (Fsp3) is 0.280. The van der Waals surface area contributed by atoms with Crippen LogP contribution >= 0.6 is 11.3 Å². The maximum absolute atomic E-state index is 9.63. The van der Waals surface area contributed by atoms with Crippen molar-refractivity contribution in [3.63, 3.8) is 0 Å². The summed E-state index contributed by atoms with van der Waals surface area (Å²) in [6, 6.07) is 21.1. The Labute approximate surface area is 191 Å². The van der Waals surface area contributed by atoms with Gasteiger partial charge in [0, 0.05) is 24.5 Å². The first-order chi connectivity index (χ1) is 15.8. The highest BCUT2D eigenvalue weighted by Crippen LogP contribution is 2.28. The molecule has 0 aliphatic carbocycles. The number of ether oxygens (including phenoxy) is 1. The van der Waals surface area contributed by atoms with Crippen molar-refractivity contribution in [1.29, 1.82) is 5.26 Å². The number of benzene rings is 2. The van der Waals surface area contributed by atoms with E-state index in [1.807, 2.05) is 18.2 Å². The van der Waals surface area contributed by atoms with Gasteiger partial charge in [-0.25, -0.2) is 4.98 Å². The number of aromatic nitrogens is 1. The Morgan fingerprint density at radius 3 is 2.75 bits per heavy atom. The van der Waals surface area contributed by atoms with E-state index in [-0.39, 0.29) is 6.04 Å². The van der Waals surface area contributed by atoms with Gasteiger partial charge in [-0.3, -0.25) is 4.90 Å². The molecule has 7 heteroatoms. The minimum atomic E-state index is 0.192. The lowest BCUT2D eigenvalue weighted by Gasteiger charge is -2.34. The molecule has 1 saturated heterocycles. The van der Waals surface area contributed by atoms with E-state index in [2.05, 4.69) is 63.0 Å². The lowest BCUT2D eigenvalue weighted by atomic mass is 10.0. The molecule has 5 rings (SSSR count). The zero-order chi connectivity index (χ0) is 21.8. The van der Waals surface area contributed by atoms with E-state index in [9.17, 15) is 5.26 Å². The number of fused-ring (bicyclic) bond motifs is 1. The van der Waals surface area contributed by atoms with Crippen molar-refractivity contribution in [3.05, 3.63) is 82.0 Å². The van der Waals surface area contributed by atoms with Crippen LogP contribution in [0.25, 0.3) is 10.8 Å². The minimum absolute atomic E-state index is 0.192. The number of hydrogen-bond acceptors (Lipinski definition) is 7. The second-order valence-electron chi connectivity index (χ2n) is 7.77. The Kier molecular flexibility index (Phi) is 6.17. The standard InChI is InChI=1S/C25H24N4O2S/c26-16-21-25(27-17-22(23-9-4-14-32-23)29-10-12-30-13-11-29)31-24(28-21)15-19-7-3-6-18-5-1-2-8-20(18)19/h1-9,14,22,27H,10-13,15,17H2. The Morgan fingerprint density at radius 2 is 1.94 bits per heavy atom. The Balaban J connectivity index is 1.35. The number of morpholine rings is 1. The normalized spacial score (nSPS) is 15.5. The first-order valence-corrected chi connectivity index (χ1v) is 11.7. The van der Waals surface area contributed by atoms with Crippen molar-refractivity contribution in [1.82, 2.24) is 9.88 Å². The predicted molar refractivity (Wildman–Crippen MR) is 126 cm³/mol. The summed E-state index contributed by atoms with van der Waals surface area (Å²) < 4.78 is 11.6. The molecule has 0 amide bonds. The molecule has 2 aromatic heterocycles. The van der Waals surface area contributed by atoms with Gasteiger partial charge in [0.1, 0.15) is 6.07 Å². The first kappa shape index (κ1) is 20.7. The molecular weight excluding hydrogens is 420 g/mol. The molecule has 1 unspecified atom stereocenters. The van der Waals surface area contributed by atoms with Gasteiger partial charge in [-0.05, 0) is 27.8 Å². The highest BCUT2D eigenvalue weighted by Gasteiger charge is 2.24. The third-order valence-electron chi connectivity index (χ3n) is 5.81. The van der Waals surface area contributed by atoms with Crippen molar-refractivity contribution in [2.75, 3.05) is 38.2 Å². The van der Waals surface area contributed by atoms with Crippen LogP contribution < -0.4 is 5.32 Å². The van der Waals surface area contributed by atoms with Crippen molar-refractivity contribution in [2.24, 2.45) is 0 Å². The largest absolute Gasteiger partial charge is 0.423 e. The fourth-order valence-corrected chi connectivity index (χ4v) is 5.08. The number of nitrogens with one attached hydrogen (secondary N) is 1. The van der Waals surface area contributed by atoms with Gasteiger partial charge < -0.3 is 14.5 Å². The maximum atomic E-state index is 9.63. The van der Waals surface area contributed by atoms with Crippen LogP contribution in [0.4, 0.5) is 5.88 Å². The highest BCUT2D eigenvalue weighted by molar-refractivity contribution is 7.10. The first-order valence-electron chi connectivity index (χ1n) is 10.8. The topological polar surface area (TPSA) is 74.3 Å². The number of thiophene rings is 1. The molecule has 1 aliphatic rings. The van der Waals surface area contributed by atoms with Crippen LogP contribution in [0.5, 0.6) is 0 Å². The summed E-state index contributed by atoms with van der Waals surface area (Å²) in [6.07, 6.45) is 0.537. The summed E-state index contributed by atoms with van der Waals surface area (Å²) in [4.78, 5) is 8.17. The molecule has 1 atom stereocenters. The van der Waals surface area contributed by atoms with Gasteiger partial charge in [-0.1, -0.05) is 48.5 Å². The summed E-state index contributed by atoms with van der Waals surface area (Å²) in [5.74, 6) is 0.983. The van der Waals surface area contributed by atoms with Gasteiger partial charge in [0.25, 0.3) is 0 Å². The van der Waals surface area contributed by atoms with Gasteiger partial charge in [-0.2, -0.15) is 5.26 Å². The smallest absolute Gasteiger partial charge is 0.232 e. The van der Waals surface area contributed by atoms with Crippen molar-refractivity contribution in [2.45, 2.75) is 12.5 Å². The van der Waals surface area contributed by atoms with Crippen molar-refractivity contribution < 1.29 is 9.15 Å². The molecule has 0 bridgehead atoms. The summed E-state index contributed by atoms with van der Waals surface area (Å²) >= 11 is 1.74. The summed E-state index contributed by atoms with van der Waals surface area (Å²) in [5.41, 5.74) is 1.43. The Bertz CT molecular complexity index is 1220. The minimum Gasteiger partial charge on any atom is -0.423 e. The monoisotopic (exact) mass is 444 g/mol. The van der Waals surface area contributed by atoms with E-state index in [4.69, 9.17) is 9.15 Å². The second kappa shape index (κ2) is 9.53. The summed E-state index contributed by atoms with van der Waals surface area (Å²) in [7, 11) is 0. The van der Waals surface area contributed by atoms with Crippen LogP contribution in [0, 0.1) is 11.3 Å². The van der Waals surface area contributed by atoms with Gasteiger partial charge in [0.05, 0.1) is 25.7 Å². The second-order valence-corrected chi connectivity index (χ2v) is 8.75. The van der Waals surface area contributed by atoms with Gasteiger partial charge >= 0.3 is 0 Å². The predicted octanol–water partition coefficient (Wildman–Crippen LogP) is 4.84. The van der Waals surface area contributed by atoms with Crippen LogP contribution in [0.15, 0.2) is 64.4 Å². The molecule has 162 valence electrons. The highest BCUT2D eigenvalue weighted by atomic mass is 32.1. The average Bonchev–Trinajstić information content (AvgIpc) is 3.50. The average molecular weight is 445 g/mol. The van der Waals surface area contributed by atoms with E-state index in [0.29, 0.717) is 30.4 Å². The molecule has 0 saturated carbocycles. The fourth-order valence-electron chi connectivity index (χ4n) is 4.21. The van der Waals surface area contributed by atoms with E-state index in [1.54, 1.807) is 11.3 Å². The number of rotatable bonds is 7. The molecule has 4 aromatic rings. The van der Waals surface area contributed by atoms with E-state index in [0.717, 1.165) is 31.9 Å². The lowest BCUT2D eigenvalue weighted by molar-refractivity contribution is 0.0193. The lowest BCUT2D eigenvalue weighted by Crippen LogP contribution is -2.41. The van der Waals surface area contributed by atoms with Crippen LogP contribution in [0.2, 0.25) is 0 Å². The van der Waals surface area contributed by atoms with Gasteiger partial charge in [0.15, 0.2) is 0 Å². The van der Waals surface area contributed by atoms with E-state index < -0.39 is 0 Å². The van der Waals surface area contributed by atoms with Crippen LogP contribution in [-0.2, 0) is 11.2 Å². The molecule has 6 nitrogen and oxygen atoms in total. The van der Waals surface area contributed by atoms with Crippen LogP contribution in [-0.4, -0.2) is 42.7 Å². The van der Waals surface area contributed by atoms with Gasteiger partial charge in [0.2, 0.25) is 17.5 Å². The molecular formula is C25H24N4O2S. The molecule has 32 heavy (non-hydrogen) atoms. The third-order valence-corrected chi connectivity index (χ3v) is 6.79. The molecule has 1 fully saturated rings. The van der Waals surface area contributed by atoms with Gasteiger partial charge in [-0.15, -0.1) is 11.3 Å². The van der Waals surface area contributed by atoms with Crippen molar-refractivity contribution in [3.8, 4) is 6.07 Å².